The zero-order valence-electron chi connectivity index (χ0n) is 19.3. The van der Waals surface area contributed by atoms with Crippen molar-refractivity contribution >= 4 is 27.5 Å². The fourth-order valence-electron chi connectivity index (χ4n) is 3.14. The number of methoxy groups -OCH3 is 2. The van der Waals surface area contributed by atoms with Crippen LogP contribution in [0.5, 0.6) is 11.5 Å². The van der Waals surface area contributed by atoms with Gasteiger partial charge in [-0.25, -0.2) is 13.2 Å². The molecule has 0 spiro atoms. The van der Waals surface area contributed by atoms with Crippen LogP contribution in [0.3, 0.4) is 0 Å². The lowest BCUT2D eigenvalue weighted by molar-refractivity contribution is 0.0474. The maximum Gasteiger partial charge on any atom is 0.338 e. The van der Waals surface area contributed by atoms with Crippen LogP contribution in [0.1, 0.15) is 26.3 Å². The molecule has 0 aliphatic heterocycles. The molecule has 0 radical (unpaired) electrons. The first-order chi connectivity index (χ1) is 16.2. The molecule has 0 bridgehead atoms. The number of esters is 1. The molecule has 0 fully saturated rings. The standard InChI is InChI=1S/C25H25NO7S/c1-17-8-11-20(12-9-17)26(2)34(29,30)21-7-5-6-19(14-21)25(28)33-16-22(27)18-10-13-23(31-3)24(15-18)32-4/h5-15H,16H2,1-4H3. The summed E-state index contributed by atoms with van der Waals surface area (Å²) >= 11 is 0. The van der Waals surface area contributed by atoms with Crippen molar-refractivity contribution in [2.24, 2.45) is 0 Å². The van der Waals surface area contributed by atoms with Gasteiger partial charge in [0, 0.05) is 12.6 Å². The lowest BCUT2D eigenvalue weighted by Crippen LogP contribution is -2.26. The van der Waals surface area contributed by atoms with Crippen molar-refractivity contribution in [1.82, 2.24) is 0 Å². The molecule has 0 aromatic heterocycles. The number of carbonyl (C=O) groups is 2. The number of benzene rings is 3. The van der Waals surface area contributed by atoms with Gasteiger partial charge in [-0.05, 0) is 55.5 Å². The molecule has 3 aromatic rings. The number of carbonyl (C=O) groups excluding carboxylic acids is 2. The van der Waals surface area contributed by atoms with Crippen molar-refractivity contribution in [3.05, 3.63) is 83.4 Å². The molecule has 0 saturated heterocycles. The second kappa shape index (κ2) is 10.4. The summed E-state index contributed by atoms with van der Waals surface area (Å²) in [6.07, 6.45) is 0. The quantitative estimate of drug-likeness (QED) is 0.336. The van der Waals surface area contributed by atoms with Gasteiger partial charge in [0.2, 0.25) is 0 Å². The molecular formula is C25H25NO7S. The third kappa shape index (κ3) is 5.37. The van der Waals surface area contributed by atoms with Gasteiger partial charge in [-0.2, -0.15) is 0 Å². The van der Waals surface area contributed by atoms with Crippen LogP contribution in [-0.4, -0.2) is 48.0 Å². The Balaban J connectivity index is 1.73. The van der Waals surface area contributed by atoms with Crippen LogP contribution in [0, 0.1) is 6.92 Å². The van der Waals surface area contributed by atoms with Gasteiger partial charge >= 0.3 is 5.97 Å². The number of hydrogen-bond donors (Lipinski definition) is 0. The van der Waals surface area contributed by atoms with E-state index in [2.05, 4.69) is 0 Å². The van der Waals surface area contributed by atoms with Gasteiger partial charge in [0.05, 0.1) is 30.4 Å². The van der Waals surface area contributed by atoms with Gasteiger partial charge in [0.1, 0.15) is 0 Å². The summed E-state index contributed by atoms with van der Waals surface area (Å²) in [7, 11) is 0.449. The Morgan fingerprint density at radius 1 is 0.853 bits per heavy atom. The first-order valence-corrected chi connectivity index (χ1v) is 11.7. The summed E-state index contributed by atoms with van der Waals surface area (Å²) in [5, 5.41) is 0. The van der Waals surface area contributed by atoms with Crippen LogP contribution < -0.4 is 13.8 Å². The van der Waals surface area contributed by atoms with E-state index in [0.717, 1.165) is 9.87 Å². The Labute approximate surface area is 198 Å². The second-order valence-corrected chi connectivity index (χ2v) is 9.37. The zero-order chi connectivity index (χ0) is 24.9. The Morgan fingerprint density at radius 3 is 2.18 bits per heavy atom. The van der Waals surface area contributed by atoms with Crippen molar-refractivity contribution in [1.29, 1.82) is 0 Å². The largest absolute Gasteiger partial charge is 0.493 e. The first kappa shape index (κ1) is 24.8. The Morgan fingerprint density at radius 2 is 1.53 bits per heavy atom. The SMILES string of the molecule is COc1ccc(C(=O)COC(=O)c2cccc(S(=O)(=O)N(C)c3ccc(C)cc3)c2)cc1OC. The first-order valence-electron chi connectivity index (χ1n) is 10.3. The van der Waals surface area contributed by atoms with Gasteiger partial charge in [-0.1, -0.05) is 23.8 Å². The molecule has 178 valence electrons. The number of nitrogens with zero attached hydrogens (tertiary/aromatic N) is 1. The molecule has 0 heterocycles. The molecule has 0 saturated carbocycles. The topological polar surface area (TPSA) is 99.2 Å². The van der Waals surface area contributed by atoms with E-state index >= 15 is 0 Å². The molecule has 0 N–H and O–H groups in total. The van der Waals surface area contributed by atoms with Crippen molar-refractivity contribution in [2.45, 2.75) is 11.8 Å². The summed E-state index contributed by atoms with van der Waals surface area (Å²) in [5.74, 6) is -0.430. The highest BCUT2D eigenvalue weighted by Crippen LogP contribution is 2.28. The third-order valence-corrected chi connectivity index (χ3v) is 6.95. The fraction of sp³-hybridized carbons (Fsp3) is 0.200. The van der Waals surface area contributed by atoms with Crippen LogP contribution in [0.2, 0.25) is 0 Å². The highest BCUT2D eigenvalue weighted by molar-refractivity contribution is 7.92. The van der Waals surface area contributed by atoms with Crippen molar-refractivity contribution in [2.75, 3.05) is 32.2 Å². The minimum Gasteiger partial charge on any atom is -0.493 e. The highest BCUT2D eigenvalue weighted by atomic mass is 32.2. The van der Waals surface area contributed by atoms with E-state index in [4.69, 9.17) is 14.2 Å². The minimum atomic E-state index is -3.92. The number of rotatable bonds is 9. The van der Waals surface area contributed by atoms with E-state index in [1.165, 1.54) is 57.7 Å². The lowest BCUT2D eigenvalue weighted by atomic mass is 10.1. The van der Waals surface area contributed by atoms with Gasteiger partial charge in [-0.15, -0.1) is 0 Å². The van der Waals surface area contributed by atoms with Crippen molar-refractivity contribution in [3.63, 3.8) is 0 Å². The fourth-order valence-corrected chi connectivity index (χ4v) is 4.38. The zero-order valence-corrected chi connectivity index (χ0v) is 20.1. The van der Waals surface area contributed by atoms with Crippen molar-refractivity contribution < 1.29 is 32.2 Å². The van der Waals surface area contributed by atoms with Gasteiger partial charge in [0.25, 0.3) is 10.0 Å². The van der Waals surface area contributed by atoms with E-state index in [0.29, 0.717) is 17.2 Å². The number of Topliss-reactive ketones (excluding diaryl/α,β-unsaturated/α-hetero) is 1. The van der Waals surface area contributed by atoms with E-state index in [1.807, 2.05) is 19.1 Å². The van der Waals surface area contributed by atoms with Crippen LogP contribution in [0.4, 0.5) is 5.69 Å². The van der Waals surface area contributed by atoms with Crippen LogP contribution in [0.25, 0.3) is 0 Å². The van der Waals surface area contributed by atoms with E-state index in [1.54, 1.807) is 18.2 Å². The molecule has 34 heavy (non-hydrogen) atoms. The maximum atomic E-state index is 13.1. The summed E-state index contributed by atoms with van der Waals surface area (Å²) in [6, 6.07) is 17.1. The smallest absolute Gasteiger partial charge is 0.338 e. The van der Waals surface area contributed by atoms with E-state index in [-0.39, 0.29) is 16.0 Å². The molecular weight excluding hydrogens is 458 g/mol. The molecule has 0 unspecified atom stereocenters. The number of anilines is 1. The molecule has 0 atom stereocenters. The summed E-state index contributed by atoms with van der Waals surface area (Å²) < 4.78 is 42.7. The van der Waals surface area contributed by atoms with Gasteiger partial charge < -0.3 is 14.2 Å². The van der Waals surface area contributed by atoms with Crippen LogP contribution in [-0.2, 0) is 14.8 Å². The molecule has 0 aliphatic carbocycles. The predicted molar refractivity (Wildman–Crippen MR) is 127 cm³/mol. The number of sulfonamides is 1. The number of hydrogen-bond acceptors (Lipinski definition) is 7. The third-order valence-electron chi connectivity index (χ3n) is 5.17. The molecule has 9 heteroatoms. The van der Waals surface area contributed by atoms with E-state index in [9.17, 15) is 18.0 Å². The molecule has 8 nitrogen and oxygen atoms in total. The Kier molecular flexibility index (Phi) is 7.57. The van der Waals surface area contributed by atoms with Gasteiger partial charge in [0.15, 0.2) is 23.9 Å². The number of ether oxygens (including phenoxy) is 3. The normalized spacial score (nSPS) is 10.9. The average Bonchev–Trinajstić information content (AvgIpc) is 2.86. The average molecular weight is 484 g/mol. The lowest BCUT2D eigenvalue weighted by Gasteiger charge is -2.20. The number of aryl methyl sites for hydroxylation is 1. The summed E-state index contributed by atoms with van der Waals surface area (Å²) in [5.41, 5.74) is 1.78. The summed E-state index contributed by atoms with van der Waals surface area (Å²) in [4.78, 5) is 24.9. The van der Waals surface area contributed by atoms with Crippen LogP contribution >= 0.6 is 0 Å². The van der Waals surface area contributed by atoms with Crippen molar-refractivity contribution in [3.8, 4) is 11.5 Å². The molecule has 3 aromatic carbocycles. The van der Waals surface area contributed by atoms with E-state index < -0.39 is 28.4 Å². The monoisotopic (exact) mass is 483 g/mol. The number of ketones is 1. The molecule has 0 aliphatic rings. The summed E-state index contributed by atoms with van der Waals surface area (Å²) in [6.45, 7) is 1.39. The Hall–Kier alpha value is -3.85. The predicted octanol–water partition coefficient (Wildman–Crippen LogP) is 3.88. The maximum absolute atomic E-state index is 13.1. The minimum absolute atomic E-state index is 0.0125. The Bertz CT molecular complexity index is 1300. The molecule has 3 rings (SSSR count). The molecule has 0 amide bonds. The highest BCUT2D eigenvalue weighted by Gasteiger charge is 2.23. The van der Waals surface area contributed by atoms with Crippen LogP contribution in [0.15, 0.2) is 71.6 Å². The second-order valence-electron chi connectivity index (χ2n) is 7.40. The van der Waals surface area contributed by atoms with Gasteiger partial charge in [-0.3, -0.25) is 9.10 Å².